The summed E-state index contributed by atoms with van der Waals surface area (Å²) in [5.41, 5.74) is 4.12. The van der Waals surface area contributed by atoms with Crippen molar-refractivity contribution in [3.8, 4) is 23.1 Å². The van der Waals surface area contributed by atoms with Crippen LogP contribution in [0.1, 0.15) is 11.1 Å². The first kappa shape index (κ1) is 21.0. The lowest BCUT2D eigenvalue weighted by molar-refractivity contribution is -0.122. The van der Waals surface area contributed by atoms with E-state index in [2.05, 4.69) is 27.2 Å². The van der Waals surface area contributed by atoms with Gasteiger partial charge in [0.05, 0.1) is 23.7 Å². The smallest absolute Gasteiger partial charge is 0.329 e. The fourth-order valence-corrected chi connectivity index (χ4v) is 3.01. The number of nitrogens with one attached hydrogen (secondary N) is 2. The zero-order valence-electron chi connectivity index (χ0n) is 16.8. The Morgan fingerprint density at radius 3 is 2.69 bits per heavy atom. The van der Waals surface area contributed by atoms with Gasteiger partial charge in [-0.2, -0.15) is 18.3 Å². The van der Waals surface area contributed by atoms with Crippen LogP contribution in [0, 0.1) is 11.8 Å². The molecule has 0 radical (unpaired) electrons. The third-order valence-corrected chi connectivity index (χ3v) is 4.43. The maximum absolute atomic E-state index is 12.3. The molecular weight excluding hydrogens is 421 g/mol. The van der Waals surface area contributed by atoms with Crippen LogP contribution in [0.4, 0.5) is 23.7 Å². The molecule has 0 aliphatic heterocycles. The number of aromatic nitrogens is 4. The van der Waals surface area contributed by atoms with Crippen LogP contribution < -0.4 is 10.6 Å². The molecule has 1 aromatic carbocycles. The van der Waals surface area contributed by atoms with Crippen LogP contribution >= 0.6 is 0 Å². The van der Waals surface area contributed by atoms with E-state index in [1.165, 1.54) is 0 Å². The minimum absolute atomic E-state index is 0.357. The van der Waals surface area contributed by atoms with Gasteiger partial charge in [-0.1, -0.05) is 24.0 Å². The van der Waals surface area contributed by atoms with Gasteiger partial charge in [-0.25, -0.2) is 9.78 Å². The van der Waals surface area contributed by atoms with Gasteiger partial charge in [0, 0.05) is 36.3 Å². The minimum atomic E-state index is -4.48. The number of pyridine rings is 1. The third kappa shape index (κ3) is 5.07. The number of amides is 2. The maximum atomic E-state index is 12.3. The number of carbonyl (C=O) groups excluding carboxylic acids is 1. The summed E-state index contributed by atoms with van der Waals surface area (Å²) in [6.07, 6.45) is 2.54. The molecule has 10 heteroatoms. The van der Waals surface area contributed by atoms with Crippen molar-refractivity contribution in [3.05, 3.63) is 72.3 Å². The molecule has 0 saturated carbocycles. The number of urea groups is 1. The molecule has 0 atom stereocenters. The minimum Gasteiger partial charge on any atom is -0.329 e. The van der Waals surface area contributed by atoms with Gasteiger partial charge in [0.25, 0.3) is 0 Å². The number of fused-ring (bicyclic) bond motifs is 1. The number of halogens is 3. The Balaban J connectivity index is 1.53. The van der Waals surface area contributed by atoms with Crippen LogP contribution in [-0.2, 0) is 7.05 Å². The summed E-state index contributed by atoms with van der Waals surface area (Å²) in [5, 5.41) is 8.26. The predicted molar refractivity (Wildman–Crippen MR) is 113 cm³/mol. The molecule has 3 aromatic heterocycles. The summed E-state index contributed by atoms with van der Waals surface area (Å²) < 4.78 is 40.3. The lowest BCUT2D eigenvalue weighted by atomic mass is 10.1. The van der Waals surface area contributed by atoms with E-state index < -0.39 is 18.8 Å². The van der Waals surface area contributed by atoms with E-state index in [4.69, 9.17) is 0 Å². The summed E-state index contributed by atoms with van der Waals surface area (Å²) in [4.78, 5) is 16.1. The van der Waals surface area contributed by atoms with Crippen LogP contribution in [0.15, 0.2) is 61.2 Å². The van der Waals surface area contributed by atoms with Gasteiger partial charge >= 0.3 is 12.2 Å². The van der Waals surface area contributed by atoms with Gasteiger partial charge in [-0.3, -0.25) is 9.08 Å². The number of rotatable bonds is 3. The number of benzene rings is 1. The second kappa shape index (κ2) is 8.47. The number of alkyl halides is 3. The molecule has 4 rings (SSSR count). The summed E-state index contributed by atoms with van der Waals surface area (Å²) in [5.74, 6) is 6.12. The van der Waals surface area contributed by atoms with Gasteiger partial charge < -0.3 is 10.6 Å². The monoisotopic (exact) mass is 438 g/mol. The number of nitrogens with zero attached hydrogens (tertiary/aromatic N) is 4. The number of hydrogen-bond donors (Lipinski definition) is 2. The van der Waals surface area contributed by atoms with Crippen LogP contribution in [0.25, 0.3) is 16.9 Å². The molecule has 3 heterocycles. The fraction of sp³-hybridized carbons (Fsp3) is 0.136. The molecule has 0 saturated heterocycles. The fourth-order valence-electron chi connectivity index (χ4n) is 3.01. The van der Waals surface area contributed by atoms with E-state index in [9.17, 15) is 18.0 Å². The Morgan fingerprint density at radius 1 is 1.12 bits per heavy atom. The van der Waals surface area contributed by atoms with Gasteiger partial charge in [-0.05, 0) is 24.3 Å². The molecule has 162 valence electrons. The Bertz CT molecular complexity index is 1340. The van der Waals surface area contributed by atoms with Gasteiger partial charge in [0.2, 0.25) is 0 Å². The second-order valence-electron chi connectivity index (χ2n) is 6.94. The first-order valence-electron chi connectivity index (χ1n) is 9.47. The Hall–Kier alpha value is -4.26. The van der Waals surface area contributed by atoms with Gasteiger partial charge in [0.1, 0.15) is 12.2 Å². The molecular formula is C22H17F3N6O. The number of imidazole rings is 1. The van der Waals surface area contributed by atoms with Crippen molar-refractivity contribution >= 4 is 17.4 Å². The van der Waals surface area contributed by atoms with Crippen LogP contribution in [0.3, 0.4) is 0 Å². The molecule has 2 amide bonds. The SMILES string of the molecule is Cn1cc(C#Cc2ccn3c(-c4cccc(NC(=O)NCC(F)(F)F)c4)cnc3c2)cn1. The molecule has 2 N–H and O–H groups in total. The third-order valence-electron chi connectivity index (χ3n) is 4.43. The van der Waals surface area contributed by atoms with Crippen molar-refractivity contribution in [2.24, 2.45) is 7.05 Å². The highest BCUT2D eigenvalue weighted by Crippen LogP contribution is 2.24. The highest BCUT2D eigenvalue weighted by Gasteiger charge is 2.27. The maximum Gasteiger partial charge on any atom is 0.405 e. The van der Waals surface area contributed by atoms with E-state index >= 15 is 0 Å². The van der Waals surface area contributed by atoms with E-state index in [0.29, 0.717) is 11.3 Å². The lowest BCUT2D eigenvalue weighted by Crippen LogP contribution is -2.36. The molecule has 0 fully saturated rings. The Kier molecular flexibility index (Phi) is 5.55. The largest absolute Gasteiger partial charge is 0.405 e. The second-order valence-corrected chi connectivity index (χ2v) is 6.94. The number of hydrogen-bond acceptors (Lipinski definition) is 3. The predicted octanol–water partition coefficient (Wildman–Crippen LogP) is 3.82. The van der Waals surface area contributed by atoms with Crippen molar-refractivity contribution in [3.63, 3.8) is 0 Å². The average Bonchev–Trinajstić information content (AvgIpc) is 3.36. The molecule has 0 bridgehead atoms. The summed E-state index contributed by atoms with van der Waals surface area (Å²) in [6, 6.07) is 9.53. The van der Waals surface area contributed by atoms with E-state index in [1.807, 2.05) is 42.0 Å². The molecule has 4 aromatic rings. The highest BCUT2D eigenvalue weighted by molar-refractivity contribution is 5.90. The van der Waals surface area contributed by atoms with Crippen molar-refractivity contribution < 1.29 is 18.0 Å². The Labute approximate surface area is 180 Å². The van der Waals surface area contributed by atoms with E-state index in [-0.39, 0.29) is 0 Å². The standard InChI is InChI=1S/C22H17F3N6O/c1-30-13-16(11-28-30)6-5-15-7-8-31-19(12-26-20(31)9-15)17-3-2-4-18(10-17)29-21(32)27-14-22(23,24)25/h2-4,7-13H,14H2,1H3,(H2,27,29,32). The highest BCUT2D eigenvalue weighted by atomic mass is 19.4. The van der Waals surface area contributed by atoms with E-state index in [0.717, 1.165) is 22.4 Å². The number of anilines is 1. The zero-order valence-corrected chi connectivity index (χ0v) is 16.8. The summed E-state index contributed by atoms with van der Waals surface area (Å²) in [6.45, 7) is -1.40. The molecule has 0 unspecified atom stereocenters. The zero-order chi connectivity index (χ0) is 22.7. The van der Waals surface area contributed by atoms with Crippen molar-refractivity contribution in [2.75, 3.05) is 11.9 Å². The number of carbonyl (C=O) groups is 1. The molecule has 0 spiro atoms. The molecule has 0 aliphatic rings. The van der Waals surface area contributed by atoms with Crippen LogP contribution in [0.2, 0.25) is 0 Å². The van der Waals surface area contributed by atoms with Crippen molar-refractivity contribution in [1.82, 2.24) is 24.5 Å². The lowest BCUT2D eigenvalue weighted by Gasteiger charge is -2.10. The number of aryl methyl sites for hydroxylation is 1. The van der Waals surface area contributed by atoms with Gasteiger partial charge in [0.15, 0.2) is 0 Å². The van der Waals surface area contributed by atoms with Crippen molar-refractivity contribution in [2.45, 2.75) is 6.18 Å². The van der Waals surface area contributed by atoms with Gasteiger partial charge in [-0.15, -0.1) is 0 Å². The molecule has 7 nitrogen and oxygen atoms in total. The Morgan fingerprint density at radius 2 is 1.94 bits per heavy atom. The normalized spacial score (nSPS) is 11.1. The van der Waals surface area contributed by atoms with Crippen LogP contribution in [-0.4, -0.2) is 37.9 Å². The first-order chi connectivity index (χ1) is 15.3. The topological polar surface area (TPSA) is 76.2 Å². The average molecular weight is 438 g/mol. The van der Waals surface area contributed by atoms with Crippen molar-refractivity contribution in [1.29, 1.82) is 0 Å². The van der Waals surface area contributed by atoms with E-state index in [1.54, 1.807) is 40.6 Å². The summed E-state index contributed by atoms with van der Waals surface area (Å²) in [7, 11) is 1.82. The quantitative estimate of drug-likeness (QED) is 0.478. The first-order valence-corrected chi connectivity index (χ1v) is 9.47. The molecule has 32 heavy (non-hydrogen) atoms. The molecule has 0 aliphatic carbocycles. The van der Waals surface area contributed by atoms with Crippen LogP contribution in [0.5, 0.6) is 0 Å². The summed E-state index contributed by atoms with van der Waals surface area (Å²) >= 11 is 0.